The quantitative estimate of drug-likeness (QED) is 0.596. The van der Waals surface area contributed by atoms with Gasteiger partial charge in [0.05, 0.1) is 27.6 Å². The smallest absolute Gasteiger partial charge is 0.422 e. The van der Waals surface area contributed by atoms with Gasteiger partial charge in [-0.1, -0.05) is 34.8 Å². The summed E-state index contributed by atoms with van der Waals surface area (Å²) in [7, 11) is 0. The van der Waals surface area contributed by atoms with Crippen molar-refractivity contribution in [2.24, 2.45) is 0 Å². The lowest BCUT2D eigenvalue weighted by atomic mass is 10.2. The van der Waals surface area contributed by atoms with Gasteiger partial charge in [0.15, 0.2) is 0 Å². The summed E-state index contributed by atoms with van der Waals surface area (Å²) < 4.78 is 11.7. The molecule has 0 radical (unpaired) electrons. The van der Waals surface area contributed by atoms with Crippen LogP contribution in [0.4, 0.5) is 0 Å². The lowest BCUT2D eigenvalue weighted by Crippen LogP contribution is -2.25. The molecular formula is C17H12Cl3NO4. The first kappa shape index (κ1) is 17.9. The van der Waals surface area contributed by atoms with E-state index >= 15 is 0 Å². The molecule has 1 heterocycles. The monoisotopic (exact) mass is 399 g/mol. The van der Waals surface area contributed by atoms with Crippen LogP contribution in [0.3, 0.4) is 0 Å². The van der Waals surface area contributed by atoms with E-state index in [4.69, 9.17) is 44.0 Å². The highest BCUT2D eigenvalue weighted by atomic mass is 35.5. The molecule has 25 heavy (non-hydrogen) atoms. The van der Waals surface area contributed by atoms with Crippen molar-refractivity contribution in [3.63, 3.8) is 0 Å². The normalized spacial score (nSPS) is 11.0. The van der Waals surface area contributed by atoms with E-state index in [2.05, 4.69) is 0 Å². The standard InChI is InChI=1S/C17H12Cl3NO4/c18-10-2-5-15-12(8-10)16(22)25-17(23)21(15)6-1-7-24-11-3-4-13(19)14(20)9-11/h2-5,8-9H,1,6-7H2. The number of aryl methyl sites for hydroxylation is 1. The van der Waals surface area contributed by atoms with Gasteiger partial charge in [-0.2, -0.15) is 0 Å². The van der Waals surface area contributed by atoms with Gasteiger partial charge >= 0.3 is 11.4 Å². The van der Waals surface area contributed by atoms with Crippen molar-refractivity contribution < 1.29 is 9.15 Å². The molecule has 0 aliphatic rings. The average molecular weight is 401 g/mol. The third-order valence-corrected chi connectivity index (χ3v) is 4.53. The Balaban J connectivity index is 1.74. The van der Waals surface area contributed by atoms with E-state index in [1.807, 2.05) is 0 Å². The number of fused-ring (bicyclic) bond motifs is 1. The lowest BCUT2D eigenvalue weighted by Gasteiger charge is -2.10. The van der Waals surface area contributed by atoms with Gasteiger partial charge in [-0.15, -0.1) is 0 Å². The molecule has 0 N–H and O–H groups in total. The van der Waals surface area contributed by atoms with E-state index in [1.54, 1.807) is 30.3 Å². The predicted molar refractivity (Wildman–Crippen MR) is 98.3 cm³/mol. The van der Waals surface area contributed by atoms with Crippen LogP contribution in [-0.2, 0) is 6.54 Å². The molecule has 0 aliphatic heterocycles. The van der Waals surface area contributed by atoms with E-state index in [0.717, 1.165) is 0 Å². The summed E-state index contributed by atoms with van der Waals surface area (Å²) in [6.45, 7) is 0.667. The zero-order valence-electron chi connectivity index (χ0n) is 12.8. The van der Waals surface area contributed by atoms with Crippen LogP contribution in [0, 0.1) is 0 Å². The first-order valence-corrected chi connectivity index (χ1v) is 8.50. The minimum Gasteiger partial charge on any atom is -0.493 e. The average Bonchev–Trinajstić information content (AvgIpc) is 2.57. The molecule has 3 rings (SSSR count). The highest BCUT2D eigenvalue weighted by Crippen LogP contribution is 2.26. The molecule has 0 saturated heterocycles. The van der Waals surface area contributed by atoms with Crippen LogP contribution in [0.5, 0.6) is 5.75 Å². The summed E-state index contributed by atoms with van der Waals surface area (Å²) in [5, 5.41) is 1.51. The Morgan fingerprint density at radius 3 is 2.56 bits per heavy atom. The van der Waals surface area contributed by atoms with Gasteiger partial charge in [0.1, 0.15) is 5.75 Å². The summed E-state index contributed by atoms with van der Waals surface area (Å²) in [5.74, 6) is -0.132. The van der Waals surface area contributed by atoms with Crippen molar-refractivity contribution in [2.75, 3.05) is 6.61 Å². The number of rotatable bonds is 5. The molecule has 8 heteroatoms. The van der Waals surface area contributed by atoms with Crippen molar-refractivity contribution in [2.45, 2.75) is 13.0 Å². The number of ether oxygens (including phenoxy) is 1. The van der Waals surface area contributed by atoms with Gasteiger partial charge in [-0.25, -0.2) is 9.59 Å². The fourth-order valence-electron chi connectivity index (χ4n) is 2.39. The van der Waals surface area contributed by atoms with Crippen LogP contribution in [0.2, 0.25) is 15.1 Å². The second-order valence-electron chi connectivity index (χ2n) is 5.25. The molecule has 1 aromatic heterocycles. The molecule has 2 aromatic carbocycles. The molecule has 0 fully saturated rings. The fraction of sp³-hybridized carbons (Fsp3) is 0.176. The topological polar surface area (TPSA) is 61.4 Å². The zero-order chi connectivity index (χ0) is 18.0. The number of benzene rings is 2. The summed E-state index contributed by atoms with van der Waals surface area (Å²) in [6.07, 6.45) is 0.519. The van der Waals surface area contributed by atoms with Crippen LogP contribution in [-0.4, -0.2) is 11.2 Å². The van der Waals surface area contributed by atoms with Crippen molar-refractivity contribution >= 4 is 45.7 Å². The second-order valence-corrected chi connectivity index (χ2v) is 6.50. The summed E-state index contributed by atoms with van der Waals surface area (Å²) in [5.41, 5.74) is -0.231. The predicted octanol–water partition coefficient (Wildman–Crippen LogP) is 4.38. The van der Waals surface area contributed by atoms with Crippen LogP contribution >= 0.6 is 34.8 Å². The summed E-state index contributed by atoms with van der Waals surface area (Å²) >= 11 is 17.7. The van der Waals surface area contributed by atoms with Gasteiger partial charge in [0.25, 0.3) is 0 Å². The molecule has 0 bridgehead atoms. The van der Waals surface area contributed by atoms with Gasteiger partial charge in [0, 0.05) is 17.6 Å². The van der Waals surface area contributed by atoms with E-state index in [0.29, 0.717) is 45.9 Å². The van der Waals surface area contributed by atoms with Gasteiger partial charge in [0.2, 0.25) is 0 Å². The third kappa shape index (κ3) is 4.00. The molecule has 0 aliphatic carbocycles. The van der Waals surface area contributed by atoms with Crippen molar-refractivity contribution in [3.8, 4) is 5.75 Å². The van der Waals surface area contributed by atoms with Gasteiger partial charge in [-0.3, -0.25) is 4.57 Å². The molecular weight excluding hydrogens is 389 g/mol. The molecule has 0 amide bonds. The molecule has 0 atom stereocenters. The van der Waals surface area contributed by atoms with Crippen LogP contribution in [0.1, 0.15) is 6.42 Å². The van der Waals surface area contributed by atoms with E-state index < -0.39 is 11.4 Å². The minimum atomic E-state index is -0.714. The summed E-state index contributed by atoms with van der Waals surface area (Å²) in [4.78, 5) is 23.8. The Morgan fingerprint density at radius 1 is 1.00 bits per heavy atom. The van der Waals surface area contributed by atoms with Gasteiger partial charge < -0.3 is 9.15 Å². The van der Waals surface area contributed by atoms with Crippen LogP contribution in [0.25, 0.3) is 10.9 Å². The van der Waals surface area contributed by atoms with E-state index in [9.17, 15) is 9.59 Å². The summed E-state index contributed by atoms with van der Waals surface area (Å²) in [6, 6.07) is 9.69. The molecule has 130 valence electrons. The second kappa shape index (κ2) is 7.52. The maximum absolute atomic E-state index is 12.0. The molecule has 5 nitrogen and oxygen atoms in total. The molecule has 0 unspecified atom stereocenters. The first-order chi connectivity index (χ1) is 12.0. The van der Waals surface area contributed by atoms with Crippen LogP contribution < -0.4 is 16.1 Å². The molecule has 3 aromatic rings. The van der Waals surface area contributed by atoms with E-state index in [-0.39, 0.29) is 5.39 Å². The highest BCUT2D eigenvalue weighted by molar-refractivity contribution is 6.42. The SMILES string of the molecule is O=c1oc(=O)n(CCCOc2ccc(Cl)c(Cl)c2)c2ccc(Cl)cc12. The third-order valence-electron chi connectivity index (χ3n) is 3.56. The van der Waals surface area contributed by atoms with Crippen molar-refractivity contribution in [1.29, 1.82) is 0 Å². The molecule has 0 spiro atoms. The maximum Gasteiger partial charge on any atom is 0.422 e. The largest absolute Gasteiger partial charge is 0.493 e. The number of halogens is 3. The number of nitrogens with zero attached hydrogens (tertiary/aromatic N) is 1. The van der Waals surface area contributed by atoms with Crippen molar-refractivity contribution in [3.05, 3.63) is 72.4 Å². The maximum atomic E-state index is 12.0. The Bertz CT molecular complexity index is 1040. The van der Waals surface area contributed by atoms with Crippen molar-refractivity contribution in [1.82, 2.24) is 4.57 Å². The Labute approximate surface area is 157 Å². The Morgan fingerprint density at radius 2 is 1.80 bits per heavy atom. The fourth-order valence-corrected chi connectivity index (χ4v) is 2.85. The first-order valence-electron chi connectivity index (χ1n) is 7.37. The van der Waals surface area contributed by atoms with E-state index in [1.165, 1.54) is 10.6 Å². The number of hydrogen-bond acceptors (Lipinski definition) is 4. The minimum absolute atomic E-state index is 0.262. The number of aromatic nitrogens is 1. The van der Waals surface area contributed by atoms with Crippen LogP contribution in [0.15, 0.2) is 50.4 Å². The lowest BCUT2D eigenvalue weighted by molar-refractivity contribution is 0.296. The van der Waals surface area contributed by atoms with Gasteiger partial charge in [-0.05, 0) is 36.8 Å². The Kier molecular flexibility index (Phi) is 5.37. The highest BCUT2D eigenvalue weighted by Gasteiger charge is 2.10. The Hall–Kier alpha value is -1.95. The zero-order valence-corrected chi connectivity index (χ0v) is 15.1. The molecule has 0 saturated carbocycles. The number of hydrogen-bond donors (Lipinski definition) is 0.